The van der Waals surface area contributed by atoms with Crippen LogP contribution >= 0.6 is 47.2 Å². The minimum atomic E-state index is -0.181. The van der Waals surface area contributed by atoms with Gasteiger partial charge in [0.05, 0.1) is 21.5 Å². The number of nitrogens with zero attached hydrogens (tertiary/aromatic N) is 1. The van der Waals surface area contributed by atoms with Gasteiger partial charge in [-0.15, -0.1) is 0 Å². The smallest absolute Gasteiger partial charge is 0.234 e. The van der Waals surface area contributed by atoms with Crippen LogP contribution in [0.2, 0.25) is 10.0 Å². The fraction of sp³-hybridized carbons (Fsp3) is 0.385. The van der Waals surface area contributed by atoms with Crippen molar-refractivity contribution in [2.75, 3.05) is 24.2 Å². The number of carbonyl (C=O) groups excluding carboxylic acids is 1. The van der Waals surface area contributed by atoms with Gasteiger partial charge in [-0.25, -0.2) is 0 Å². The molecule has 1 aromatic rings. The quantitative estimate of drug-likeness (QED) is 0.802. The summed E-state index contributed by atoms with van der Waals surface area (Å²) in [5.41, 5.74) is 0.440. The summed E-state index contributed by atoms with van der Waals surface area (Å²) in [7, 11) is 0. The third kappa shape index (κ3) is 5.13. The van der Waals surface area contributed by atoms with E-state index in [1.54, 1.807) is 18.2 Å². The van der Waals surface area contributed by atoms with E-state index in [-0.39, 0.29) is 11.7 Å². The Morgan fingerprint density at radius 3 is 2.35 bits per heavy atom. The van der Waals surface area contributed by atoms with Crippen molar-refractivity contribution in [1.29, 1.82) is 0 Å². The first kappa shape index (κ1) is 17.6. The van der Waals surface area contributed by atoms with Gasteiger partial charge in [0.15, 0.2) is 0 Å². The van der Waals surface area contributed by atoms with Gasteiger partial charge in [-0.05, 0) is 26.0 Å². The Morgan fingerprint density at radius 2 is 1.85 bits per heavy atom. The van der Waals surface area contributed by atoms with Crippen LogP contribution in [0.3, 0.4) is 0 Å². The van der Waals surface area contributed by atoms with Gasteiger partial charge in [-0.2, -0.15) is 0 Å². The second-order valence-electron chi connectivity index (χ2n) is 3.87. The van der Waals surface area contributed by atoms with Gasteiger partial charge in [0.25, 0.3) is 0 Å². The number of para-hydroxylation sites is 1. The lowest BCUT2D eigenvalue weighted by Crippen LogP contribution is -2.28. The third-order valence-electron chi connectivity index (χ3n) is 2.58. The molecule has 20 heavy (non-hydrogen) atoms. The minimum Gasteiger partial charge on any atom is -0.358 e. The number of carbonyl (C=O) groups is 1. The van der Waals surface area contributed by atoms with E-state index >= 15 is 0 Å². The number of thiocarbonyl (C=S) groups is 1. The Kier molecular flexibility index (Phi) is 7.66. The van der Waals surface area contributed by atoms with Gasteiger partial charge in [0.1, 0.15) is 4.32 Å². The molecule has 0 fully saturated rings. The van der Waals surface area contributed by atoms with Crippen LogP contribution in [0.1, 0.15) is 13.8 Å². The summed E-state index contributed by atoms with van der Waals surface area (Å²) in [5, 5.41) is 3.54. The molecular formula is C13H16Cl2N2OS2. The number of amides is 1. The van der Waals surface area contributed by atoms with Gasteiger partial charge in [-0.3, -0.25) is 4.79 Å². The van der Waals surface area contributed by atoms with Crippen LogP contribution in [0.15, 0.2) is 18.2 Å². The summed E-state index contributed by atoms with van der Waals surface area (Å²) in [6.07, 6.45) is 0. The molecule has 0 spiro atoms. The highest BCUT2D eigenvalue weighted by Gasteiger charge is 2.12. The van der Waals surface area contributed by atoms with Crippen LogP contribution < -0.4 is 5.32 Å². The van der Waals surface area contributed by atoms with Gasteiger partial charge in [0, 0.05) is 13.1 Å². The molecule has 0 saturated carbocycles. The van der Waals surface area contributed by atoms with Gasteiger partial charge >= 0.3 is 0 Å². The molecule has 3 nitrogen and oxygen atoms in total. The monoisotopic (exact) mass is 350 g/mol. The molecule has 110 valence electrons. The molecular weight excluding hydrogens is 335 g/mol. The summed E-state index contributed by atoms with van der Waals surface area (Å²) in [4.78, 5) is 13.9. The summed E-state index contributed by atoms with van der Waals surface area (Å²) < 4.78 is 0.718. The topological polar surface area (TPSA) is 32.3 Å². The first-order chi connectivity index (χ1) is 9.49. The third-order valence-corrected chi connectivity index (χ3v) is 4.73. The molecule has 0 atom stereocenters. The lowest BCUT2D eigenvalue weighted by Gasteiger charge is -2.20. The molecule has 1 amide bonds. The molecule has 1 aromatic carbocycles. The van der Waals surface area contributed by atoms with E-state index in [9.17, 15) is 4.79 Å². The molecule has 0 aliphatic carbocycles. The molecule has 1 N–H and O–H groups in total. The predicted octanol–water partition coefficient (Wildman–Crippen LogP) is 4.29. The molecule has 0 saturated heterocycles. The highest BCUT2D eigenvalue weighted by molar-refractivity contribution is 8.23. The second-order valence-corrected chi connectivity index (χ2v) is 6.30. The zero-order valence-corrected chi connectivity index (χ0v) is 14.4. The molecule has 0 aromatic heterocycles. The van der Waals surface area contributed by atoms with E-state index in [1.165, 1.54) is 11.8 Å². The fourth-order valence-corrected chi connectivity index (χ4v) is 3.19. The molecule has 0 radical (unpaired) electrons. The Labute approximate surface area is 139 Å². The number of anilines is 1. The van der Waals surface area contributed by atoms with Crippen molar-refractivity contribution in [2.45, 2.75) is 13.8 Å². The van der Waals surface area contributed by atoms with Crippen molar-refractivity contribution in [1.82, 2.24) is 4.90 Å². The van der Waals surface area contributed by atoms with E-state index in [0.717, 1.165) is 17.4 Å². The largest absolute Gasteiger partial charge is 0.358 e. The lowest BCUT2D eigenvalue weighted by molar-refractivity contribution is -0.113. The van der Waals surface area contributed by atoms with Crippen LogP contribution in [0.5, 0.6) is 0 Å². The number of hydrogen-bond donors (Lipinski definition) is 1. The zero-order chi connectivity index (χ0) is 15.1. The number of benzene rings is 1. The Morgan fingerprint density at radius 1 is 1.30 bits per heavy atom. The standard InChI is InChI=1S/C13H16Cl2N2OS2/c1-3-17(4-2)13(19)20-8-11(18)16-12-9(14)6-5-7-10(12)15/h5-7H,3-4,8H2,1-2H3,(H,16,18). The zero-order valence-electron chi connectivity index (χ0n) is 11.3. The molecule has 0 heterocycles. The van der Waals surface area contributed by atoms with Crippen molar-refractivity contribution < 1.29 is 4.79 Å². The van der Waals surface area contributed by atoms with Crippen molar-refractivity contribution >= 4 is 63.1 Å². The first-order valence-corrected chi connectivity index (χ1v) is 8.30. The summed E-state index contributed by atoms with van der Waals surface area (Å²) >= 11 is 18.6. The summed E-state index contributed by atoms with van der Waals surface area (Å²) in [6, 6.07) is 5.08. The summed E-state index contributed by atoms with van der Waals surface area (Å²) in [5.74, 6) is 0.0520. The number of rotatable bonds is 5. The maximum absolute atomic E-state index is 11.9. The summed E-state index contributed by atoms with van der Waals surface area (Å²) in [6.45, 7) is 5.72. The van der Waals surface area contributed by atoms with Crippen LogP contribution in [-0.2, 0) is 4.79 Å². The normalized spacial score (nSPS) is 10.2. The van der Waals surface area contributed by atoms with Crippen molar-refractivity contribution in [3.63, 3.8) is 0 Å². The van der Waals surface area contributed by atoms with Gasteiger partial charge < -0.3 is 10.2 Å². The molecule has 0 bridgehead atoms. The Hall–Kier alpha value is -0.490. The minimum absolute atomic E-state index is 0.181. The van der Waals surface area contributed by atoms with Crippen molar-refractivity contribution in [3.8, 4) is 0 Å². The maximum Gasteiger partial charge on any atom is 0.234 e. The SMILES string of the molecule is CCN(CC)C(=S)SCC(=O)Nc1c(Cl)cccc1Cl. The highest BCUT2D eigenvalue weighted by Crippen LogP contribution is 2.29. The molecule has 0 aliphatic rings. The number of halogens is 2. The Balaban J connectivity index is 2.55. The van der Waals surface area contributed by atoms with Crippen LogP contribution in [-0.4, -0.2) is 34.0 Å². The molecule has 1 rings (SSSR count). The predicted molar refractivity (Wildman–Crippen MR) is 93.1 cm³/mol. The van der Waals surface area contributed by atoms with Crippen molar-refractivity contribution in [2.24, 2.45) is 0 Å². The highest BCUT2D eigenvalue weighted by atomic mass is 35.5. The van der Waals surface area contributed by atoms with Crippen LogP contribution in [0.4, 0.5) is 5.69 Å². The van der Waals surface area contributed by atoms with E-state index < -0.39 is 0 Å². The average molecular weight is 351 g/mol. The van der Waals surface area contributed by atoms with E-state index in [4.69, 9.17) is 35.4 Å². The number of hydrogen-bond acceptors (Lipinski definition) is 3. The van der Waals surface area contributed by atoms with Gasteiger partial charge in [0.2, 0.25) is 5.91 Å². The van der Waals surface area contributed by atoms with E-state index in [0.29, 0.717) is 15.7 Å². The molecule has 0 aliphatic heterocycles. The fourth-order valence-electron chi connectivity index (χ4n) is 1.49. The Bertz CT molecular complexity index is 473. The molecule has 0 unspecified atom stereocenters. The molecule has 7 heteroatoms. The number of thioether (sulfide) groups is 1. The second kappa shape index (κ2) is 8.72. The number of nitrogens with one attached hydrogen (secondary N) is 1. The average Bonchev–Trinajstić information content (AvgIpc) is 2.42. The van der Waals surface area contributed by atoms with Crippen LogP contribution in [0, 0.1) is 0 Å². The lowest BCUT2D eigenvalue weighted by atomic mass is 10.3. The van der Waals surface area contributed by atoms with E-state index in [2.05, 4.69) is 5.32 Å². The van der Waals surface area contributed by atoms with E-state index in [1.807, 2.05) is 18.7 Å². The maximum atomic E-state index is 11.9. The van der Waals surface area contributed by atoms with Gasteiger partial charge in [-0.1, -0.05) is 53.2 Å². The van der Waals surface area contributed by atoms with Crippen LogP contribution in [0.25, 0.3) is 0 Å². The first-order valence-electron chi connectivity index (χ1n) is 6.15. The van der Waals surface area contributed by atoms with Crippen molar-refractivity contribution in [3.05, 3.63) is 28.2 Å².